The van der Waals surface area contributed by atoms with Crippen LogP contribution in [0.2, 0.25) is 0 Å². The SMILES string of the molecule is CC(C)c1ccc(C#N)c(C(F)(F)F)c1.CC(C)c1ccc(C(F)(F)F)cc1. The number of nitrogens with zero attached hydrogens (tertiary/aromatic N) is 1. The Labute approximate surface area is 160 Å². The van der Waals surface area contributed by atoms with Gasteiger partial charge in [0.1, 0.15) is 0 Å². The van der Waals surface area contributed by atoms with Gasteiger partial charge in [0, 0.05) is 0 Å². The smallest absolute Gasteiger partial charge is 0.192 e. The van der Waals surface area contributed by atoms with Crippen LogP contribution in [0.25, 0.3) is 0 Å². The van der Waals surface area contributed by atoms with Crippen LogP contribution in [0.1, 0.15) is 67.3 Å². The molecule has 0 aliphatic heterocycles. The fourth-order valence-electron chi connectivity index (χ4n) is 2.31. The highest BCUT2D eigenvalue weighted by Crippen LogP contribution is 2.33. The van der Waals surface area contributed by atoms with Gasteiger partial charge in [0.15, 0.2) is 0 Å². The summed E-state index contributed by atoms with van der Waals surface area (Å²) in [5, 5.41) is 8.56. The second kappa shape index (κ2) is 9.13. The number of rotatable bonds is 2. The Bertz CT molecular complexity index is 809. The molecule has 0 aliphatic rings. The minimum absolute atomic E-state index is 0.0128. The highest BCUT2D eigenvalue weighted by Gasteiger charge is 2.34. The van der Waals surface area contributed by atoms with E-state index in [0.29, 0.717) is 5.56 Å². The Balaban J connectivity index is 0.000000283. The number of benzene rings is 2. The molecular formula is C21H21F6N. The summed E-state index contributed by atoms with van der Waals surface area (Å²) >= 11 is 0. The van der Waals surface area contributed by atoms with Crippen LogP contribution in [0, 0.1) is 11.3 Å². The molecule has 0 N–H and O–H groups in total. The lowest BCUT2D eigenvalue weighted by Gasteiger charge is -2.12. The van der Waals surface area contributed by atoms with Crippen molar-refractivity contribution in [1.29, 1.82) is 5.26 Å². The van der Waals surface area contributed by atoms with Gasteiger partial charge in [-0.1, -0.05) is 45.9 Å². The van der Waals surface area contributed by atoms with Crippen molar-refractivity contribution in [2.75, 3.05) is 0 Å². The third-order valence-corrected chi connectivity index (χ3v) is 4.04. The van der Waals surface area contributed by atoms with Crippen LogP contribution in [0.5, 0.6) is 0 Å². The first-order valence-electron chi connectivity index (χ1n) is 8.55. The maximum atomic E-state index is 12.5. The zero-order chi connectivity index (χ0) is 21.7. The van der Waals surface area contributed by atoms with Crippen molar-refractivity contribution < 1.29 is 26.3 Å². The summed E-state index contributed by atoms with van der Waals surface area (Å²) in [5.41, 5.74) is -0.255. The first-order chi connectivity index (χ1) is 12.8. The average Bonchev–Trinajstić information content (AvgIpc) is 2.60. The Kier molecular flexibility index (Phi) is 7.68. The van der Waals surface area contributed by atoms with Gasteiger partial charge in [0.25, 0.3) is 0 Å². The van der Waals surface area contributed by atoms with E-state index in [0.717, 1.165) is 23.8 Å². The number of nitriles is 1. The van der Waals surface area contributed by atoms with E-state index in [-0.39, 0.29) is 17.4 Å². The minimum Gasteiger partial charge on any atom is -0.192 e. The quantitative estimate of drug-likeness (QED) is 0.477. The molecule has 2 aromatic carbocycles. The first kappa shape index (κ1) is 23.5. The molecule has 7 heteroatoms. The van der Waals surface area contributed by atoms with Crippen LogP contribution < -0.4 is 0 Å². The van der Waals surface area contributed by atoms with Crippen LogP contribution >= 0.6 is 0 Å². The van der Waals surface area contributed by atoms with E-state index in [1.807, 2.05) is 27.7 Å². The van der Waals surface area contributed by atoms with Crippen molar-refractivity contribution >= 4 is 0 Å². The first-order valence-corrected chi connectivity index (χ1v) is 8.55. The monoisotopic (exact) mass is 401 g/mol. The number of hydrogen-bond donors (Lipinski definition) is 0. The lowest BCUT2D eigenvalue weighted by Crippen LogP contribution is -2.08. The minimum atomic E-state index is -4.46. The van der Waals surface area contributed by atoms with Gasteiger partial charge < -0.3 is 0 Å². The summed E-state index contributed by atoms with van der Waals surface area (Å²) in [4.78, 5) is 0. The maximum absolute atomic E-state index is 12.5. The summed E-state index contributed by atoms with van der Waals surface area (Å²) < 4.78 is 73.9. The summed E-state index contributed by atoms with van der Waals surface area (Å²) in [6.07, 6.45) is -8.69. The Morgan fingerprint density at radius 1 is 0.714 bits per heavy atom. The molecule has 0 heterocycles. The van der Waals surface area contributed by atoms with Crippen molar-refractivity contribution in [3.05, 3.63) is 70.3 Å². The zero-order valence-electron chi connectivity index (χ0n) is 15.9. The van der Waals surface area contributed by atoms with Crippen molar-refractivity contribution in [3.8, 4) is 6.07 Å². The predicted octanol–water partition coefficient (Wildman–Crippen LogP) is 7.53. The molecule has 0 amide bonds. The molecule has 28 heavy (non-hydrogen) atoms. The van der Waals surface area contributed by atoms with E-state index in [9.17, 15) is 26.3 Å². The summed E-state index contributed by atoms with van der Waals surface area (Å²) in [6, 6.07) is 10.7. The van der Waals surface area contributed by atoms with Gasteiger partial charge in [0.2, 0.25) is 0 Å². The van der Waals surface area contributed by atoms with Crippen molar-refractivity contribution in [2.45, 2.75) is 51.9 Å². The number of hydrogen-bond acceptors (Lipinski definition) is 1. The molecule has 0 aromatic heterocycles. The van der Waals surface area contributed by atoms with Crippen molar-refractivity contribution in [1.82, 2.24) is 0 Å². The van der Waals surface area contributed by atoms with E-state index in [1.54, 1.807) is 12.1 Å². The fourth-order valence-corrected chi connectivity index (χ4v) is 2.31. The van der Waals surface area contributed by atoms with Gasteiger partial charge in [-0.25, -0.2) is 0 Å². The molecule has 152 valence electrons. The van der Waals surface area contributed by atoms with E-state index in [2.05, 4.69) is 0 Å². The van der Waals surface area contributed by atoms with Gasteiger partial charge in [-0.3, -0.25) is 0 Å². The molecule has 0 unspecified atom stereocenters. The maximum Gasteiger partial charge on any atom is 0.417 e. The third kappa shape index (κ3) is 6.59. The van der Waals surface area contributed by atoms with Crippen LogP contribution in [-0.2, 0) is 12.4 Å². The lowest BCUT2D eigenvalue weighted by molar-refractivity contribution is -0.138. The third-order valence-electron chi connectivity index (χ3n) is 4.04. The fraction of sp³-hybridized carbons (Fsp3) is 0.381. The highest BCUT2D eigenvalue weighted by molar-refractivity contribution is 5.42. The van der Waals surface area contributed by atoms with Crippen molar-refractivity contribution in [3.63, 3.8) is 0 Å². The van der Waals surface area contributed by atoms with Gasteiger partial charge >= 0.3 is 12.4 Å². The number of alkyl halides is 6. The van der Waals surface area contributed by atoms with Gasteiger partial charge in [-0.2, -0.15) is 31.6 Å². The summed E-state index contributed by atoms with van der Waals surface area (Å²) in [7, 11) is 0. The van der Waals surface area contributed by atoms with Gasteiger partial charge in [0.05, 0.1) is 22.8 Å². The Hall–Kier alpha value is -2.49. The second-order valence-corrected chi connectivity index (χ2v) is 6.84. The Morgan fingerprint density at radius 3 is 1.54 bits per heavy atom. The van der Waals surface area contributed by atoms with Gasteiger partial charge in [-0.05, 0) is 47.2 Å². The normalized spacial score (nSPS) is 11.8. The van der Waals surface area contributed by atoms with Crippen LogP contribution in [0.3, 0.4) is 0 Å². The van der Waals surface area contributed by atoms with E-state index in [4.69, 9.17) is 5.26 Å². The summed E-state index contributed by atoms with van der Waals surface area (Å²) in [6.45, 7) is 7.51. The second-order valence-electron chi connectivity index (χ2n) is 6.84. The standard InChI is InChI=1S/C11H10F3N.C10H11F3/c1-7(2)8-3-4-9(6-15)10(5-8)11(12,13)14;1-7(2)8-3-5-9(6-4-8)10(11,12)13/h3-5,7H,1-2H3;3-7H,1-2H3. The molecule has 2 aromatic rings. The zero-order valence-corrected chi connectivity index (χ0v) is 15.9. The molecule has 1 nitrogen and oxygen atoms in total. The molecule has 0 atom stereocenters. The van der Waals surface area contributed by atoms with Gasteiger partial charge in [-0.15, -0.1) is 0 Å². The molecule has 0 fully saturated rings. The number of halogens is 6. The van der Waals surface area contributed by atoms with Crippen LogP contribution in [-0.4, -0.2) is 0 Å². The molecular weight excluding hydrogens is 380 g/mol. The topological polar surface area (TPSA) is 23.8 Å². The van der Waals surface area contributed by atoms with Crippen molar-refractivity contribution in [2.24, 2.45) is 0 Å². The molecule has 0 saturated carbocycles. The van der Waals surface area contributed by atoms with E-state index in [1.165, 1.54) is 18.2 Å². The molecule has 0 spiro atoms. The summed E-state index contributed by atoms with van der Waals surface area (Å²) in [5.74, 6) is 0.279. The highest BCUT2D eigenvalue weighted by atomic mass is 19.4. The lowest BCUT2D eigenvalue weighted by atomic mass is 9.97. The average molecular weight is 401 g/mol. The van der Waals surface area contributed by atoms with E-state index < -0.39 is 23.5 Å². The largest absolute Gasteiger partial charge is 0.417 e. The molecule has 2 rings (SSSR count). The van der Waals surface area contributed by atoms with Crippen LogP contribution in [0.4, 0.5) is 26.3 Å². The molecule has 0 radical (unpaired) electrons. The molecule has 0 aliphatic carbocycles. The van der Waals surface area contributed by atoms with E-state index >= 15 is 0 Å². The Morgan fingerprint density at radius 2 is 1.18 bits per heavy atom. The molecule has 0 saturated heterocycles. The predicted molar refractivity (Wildman–Crippen MR) is 95.8 cm³/mol. The molecule has 0 bridgehead atoms. The van der Waals surface area contributed by atoms with Crippen LogP contribution in [0.15, 0.2) is 42.5 Å².